The summed E-state index contributed by atoms with van der Waals surface area (Å²) in [6, 6.07) is 16.3. The summed E-state index contributed by atoms with van der Waals surface area (Å²) in [6.45, 7) is 0.823. The smallest absolute Gasteiger partial charge is 0.122 e. The van der Waals surface area contributed by atoms with Crippen molar-refractivity contribution in [1.29, 1.82) is 5.26 Å². The average Bonchev–Trinajstić information content (AvgIpc) is 2.44. The Bertz CT molecular complexity index is 591. The van der Waals surface area contributed by atoms with Crippen LogP contribution in [0, 0.1) is 11.3 Å². The molecule has 2 N–H and O–H groups in total. The topological polar surface area (TPSA) is 68.3 Å². The SMILES string of the molecule is N#Cc1cccc(OCCOc2cccc(N)c2)c1. The maximum atomic E-state index is 8.77. The molecule has 4 heteroatoms. The van der Waals surface area contributed by atoms with Gasteiger partial charge in [0, 0.05) is 11.8 Å². The summed E-state index contributed by atoms with van der Waals surface area (Å²) in [4.78, 5) is 0. The Labute approximate surface area is 112 Å². The third-order valence-electron chi connectivity index (χ3n) is 2.44. The van der Waals surface area contributed by atoms with Crippen LogP contribution >= 0.6 is 0 Å². The van der Waals surface area contributed by atoms with Gasteiger partial charge < -0.3 is 15.2 Å². The van der Waals surface area contributed by atoms with E-state index in [1.54, 1.807) is 36.4 Å². The van der Waals surface area contributed by atoms with E-state index < -0.39 is 0 Å². The van der Waals surface area contributed by atoms with Crippen molar-refractivity contribution in [1.82, 2.24) is 0 Å². The Morgan fingerprint density at radius 1 is 0.947 bits per heavy atom. The number of rotatable bonds is 5. The van der Waals surface area contributed by atoms with Gasteiger partial charge in [-0.15, -0.1) is 0 Å². The van der Waals surface area contributed by atoms with Crippen molar-refractivity contribution in [3.8, 4) is 17.6 Å². The summed E-state index contributed by atoms with van der Waals surface area (Å²) < 4.78 is 11.0. The van der Waals surface area contributed by atoms with Crippen molar-refractivity contribution < 1.29 is 9.47 Å². The first kappa shape index (κ1) is 12.8. The molecule has 0 fully saturated rings. The summed E-state index contributed by atoms with van der Waals surface area (Å²) in [5.41, 5.74) is 6.89. The van der Waals surface area contributed by atoms with Crippen molar-refractivity contribution in [3.05, 3.63) is 54.1 Å². The summed E-state index contributed by atoms with van der Waals surface area (Å²) >= 11 is 0. The second kappa shape index (κ2) is 6.31. The van der Waals surface area contributed by atoms with Gasteiger partial charge in [-0.2, -0.15) is 5.26 Å². The Hall–Kier alpha value is -2.67. The summed E-state index contributed by atoms with van der Waals surface area (Å²) in [7, 11) is 0. The van der Waals surface area contributed by atoms with Crippen LogP contribution in [0.2, 0.25) is 0 Å². The first-order valence-electron chi connectivity index (χ1n) is 5.89. The van der Waals surface area contributed by atoms with E-state index in [4.69, 9.17) is 20.5 Å². The second-order valence-electron chi connectivity index (χ2n) is 3.91. The monoisotopic (exact) mass is 254 g/mol. The number of ether oxygens (including phenoxy) is 2. The fraction of sp³-hybridized carbons (Fsp3) is 0.133. The van der Waals surface area contributed by atoms with Gasteiger partial charge in [0.1, 0.15) is 24.7 Å². The van der Waals surface area contributed by atoms with Crippen molar-refractivity contribution in [2.24, 2.45) is 0 Å². The van der Waals surface area contributed by atoms with E-state index in [0.29, 0.717) is 30.2 Å². The number of anilines is 1. The number of benzene rings is 2. The molecule has 96 valence electrons. The van der Waals surface area contributed by atoms with E-state index in [0.717, 1.165) is 5.75 Å². The zero-order chi connectivity index (χ0) is 13.5. The molecule has 2 aromatic carbocycles. The van der Waals surface area contributed by atoms with Crippen molar-refractivity contribution >= 4 is 5.69 Å². The molecule has 0 bridgehead atoms. The molecule has 0 atom stereocenters. The minimum atomic E-state index is 0.406. The van der Waals surface area contributed by atoms with Crippen LogP contribution in [0.1, 0.15) is 5.56 Å². The van der Waals surface area contributed by atoms with Crippen LogP contribution in [0.15, 0.2) is 48.5 Å². The number of hydrogen-bond acceptors (Lipinski definition) is 4. The van der Waals surface area contributed by atoms with Crippen LogP contribution in [-0.2, 0) is 0 Å². The van der Waals surface area contributed by atoms with Crippen molar-refractivity contribution in [2.45, 2.75) is 0 Å². The quantitative estimate of drug-likeness (QED) is 0.657. The zero-order valence-electron chi connectivity index (χ0n) is 10.4. The van der Waals surface area contributed by atoms with Gasteiger partial charge >= 0.3 is 0 Å². The largest absolute Gasteiger partial charge is 0.490 e. The van der Waals surface area contributed by atoms with Crippen LogP contribution < -0.4 is 15.2 Å². The van der Waals surface area contributed by atoms with Crippen LogP contribution in [0.4, 0.5) is 5.69 Å². The second-order valence-corrected chi connectivity index (χ2v) is 3.91. The lowest BCUT2D eigenvalue weighted by molar-refractivity contribution is 0.217. The molecule has 19 heavy (non-hydrogen) atoms. The van der Waals surface area contributed by atoms with Gasteiger partial charge in [0.05, 0.1) is 11.6 Å². The average molecular weight is 254 g/mol. The van der Waals surface area contributed by atoms with Gasteiger partial charge in [-0.05, 0) is 30.3 Å². The number of nitrogen functional groups attached to an aromatic ring is 1. The molecule has 0 spiro atoms. The molecule has 0 unspecified atom stereocenters. The molecule has 0 saturated heterocycles. The molecule has 0 aliphatic heterocycles. The normalized spacial score (nSPS) is 9.63. The van der Waals surface area contributed by atoms with Crippen LogP contribution in [0.25, 0.3) is 0 Å². The number of hydrogen-bond donors (Lipinski definition) is 1. The van der Waals surface area contributed by atoms with E-state index in [9.17, 15) is 0 Å². The predicted octanol–water partition coefficient (Wildman–Crippen LogP) is 2.60. The van der Waals surface area contributed by atoms with Gasteiger partial charge in [-0.25, -0.2) is 0 Å². The number of nitriles is 1. The minimum absolute atomic E-state index is 0.406. The lowest BCUT2D eigenvalue weighted by atomic mass is 10.2. The highest BCUT2D eigenvalue weighted by atomic mass is 16.5. The summed E-state index contributed by atoms with van der Waals surface area (Å²) in [5, 5.41) is 8.77. The van der Waals surface area contributed by atoms with Gasteiger partial charge in [0.15, 0.2) is 0 Å². The standard InChI is InChI=1S/C15H14N2O2/c16-11-12-3-1-5-14(9-12)18-7-8-19-15-6-2-4-13(17)10-15/h1-6,9-10H,7-8,17H2. The fourth-order valence-corrected chi connectivity index (χ4v) is 1.58. The highest BCUT2D eigenvalue weighted by Crippen LogP contribution is 2.15. The first-order chi connectivity index (χ1) is 9.28. The van der Waals surface area contributed by atoms with Crippen LogP contribution in [0.5, 0.6) is 11.5 Å². The third kappa shape index (κ3) is 3.93. The van der Waals surface area contributed by atoms with Crippen LogP contribution in [0.3, 0.4) is 0 Å². The molecule has 2 rings (SSSR count). The number of nitrogens with two attached hydrogens (primary N) is 1. The van der Waals surface area contributed by atoms with Gasteiger partial charge in [0.2, 0.25) is 0 Å². The van der Waals surface area contributed by atoms with E-state index in [2.05, 4.69) is 6.07 Å². The van der Waals surface area contributed by atoms with Crippen molar-refractivity contribution in [3.63, 3.8) is 0 Å². The molecule has 0 saturated carbocycles. The maximum absolute atomic E-state index is 8.77. The molecule has 4 nitrogen and oxygen atoms in total. The predicted molar refractivity (Wildman–Crippen MR) is 73.0 cm³/mol. The molecule has 0 aliphatic rings. The Morgan fingerprint density at radius 2 is 1.58 bits per heavy atom. The molecule has 0 aliphatic carbocycles. The zero-order valence-corrected chi connectivity index (χ0v) is 10.4. The minimum Gasteiger partial charge on any atom is -0.490 e. The van der Waals surface area contributed by atoms with Gasteiger partial charge in [-0.3, -0.25) is 0 Å². The van der Waals surface area contributed by atoms with E-state index in [-0.39, 0.29) is 0 Å². The van der Waals surface area contributed by atoms with E-state index in [1.807, 2.05) is 12.1 Å². The molecular weight excluding hydrogens is 240 g/mol. The van der Waals surface area contributed by atoms with Crippen LogP contribution in [-0.4, -0.2) is 13.2 Å². The molecule has 0 amide bonds. The Balaban J connectivity index is 1.79. The van der Waals surface area contributed by atoms with E-state index >= 15 is 0 Å². The highest BCUT2D eigenvalue weighted by molar-refractivity contribution is 5.43. The van der Waals surface area contributed by atoms with E-state index in [1.165, 1.54) is 0 Å². The van der Waals surface area contributed by atoms with Gasteiger partial charge in [0.25, 0.3) is 0 Å². The first-order valence-corrected chi connectivity index (χ1v) is 5.89. The lowest BCUT2D eigenvalue weighted by Crippen LogP contribution is -2.09. The lowest BCUT2D eigenvalue weighted by Gasteiger charge is -2.08. The molecular formula is C15H14N2O2. The highest BCUT2D eigenvalue weighted by Gasteiger charge is 1.97. The molecule has 0 heterocycles. The summed E-state index contributed by atoms with van der Waals surface area (Å²) in [5.74, 6) is 1.38. The molecule has 0 aromatic heterocycles. The Kier molecular flexibility index (Phi) is 4.25. The Morgan fingerprint density at radius 3 is 2.21 bits per heavy atom. The summed E-state index contributed by atoms with van der Waals surface area (Å²) in [6.07, 6.45) is 0. The fourth-order valence-electron chi connectivity index (χ4n) is 1.58. The molecule has 2 aromatic rings. The third-order valence-corrected chi connectivity index (χ3v) is 2.44. The molecule has 0 radical (unpaired) electrons. The van der Waals surface area contributed by atoms with Crippen molar-refractivity contribution in [2.75, 3.05) is 18.9 Å². The maximum Gasteiger partial charge on any atom is 0.122 e. The number of nitrogens with zero attached hydrogens (tertiary/aromatic N) is 1. The van der Waals surface area contributed by atoms with Gasteiger partial charge in [-0.1, -0.05) is 12.1 Å².